The quantitative estimate of drug-likeness (QED) is 0.335. The van der Waals surface area contributed by atoms with Gasteiger partial charge in [0.15, 0.2) is 11.6 Å². The van der Waals surface area contributed by atoms with Gasteiger partial charge in [0.1, 0.15) is 0 Å². The van der Waals surface area contributed by atoms with Gasteiger partial charge in [0.2, 0.25) is 15.9 Å². The van der Waals surface area contributed by atoms with Gasteiger partial charge in [0.25, 0.3) is 0 Å². The molecule has 9 heteroatoms. The molecule has 0 aliphatic rings. The van der Waals surface area contributed by atoms with Crippen molar-refractivity contribution in [1.29, 1.82) is 0 Å². The van der Waals surface area contributed by atoms with E-state index in [2.05, 4.69) is 15.0 Å². The number of carbonyl (C=O) groups is 1. The Morgan fingerprint density at radius 1 is 0.941 bits per heavy atom. The van der Waals surface area contributed by atoms with Gasteiger partial charge in [-0.1, -0.05) is 48.5 Å². The molecule has 34 heavy (non-hydrogen) atoms. The van der Waals surface area contributed by atoms with E-state index in [-0.39, 0.29) is 24.8 Å². The summed E-state index contributed by atoms with van der Waals surface area (Å²) in [6.07, 6.45) is 1.82. The van der Waals surface area contributed by atoms with Crippen molar-refractivity contribution in [2.45, 2.75) is 17.2 Å². The molecular formula is C25H23F2N3O3S. The number of halogens is 2. The maximum absolute atomic E-state index is 13.4. The highest BCUT2D eigenvalue weighted by molar-refractivity contribution is 7.89. The molecular weight excluding hydrogens is 460 g/mol. The molecule has 0 saturated heterocycles. The van der Waals surface area contributed by atoms with Crippen LogP contribution >= 0.6 is 0 Å². The van der Waals surface area contributed by atoms with Gasteiger partial charge >= 0.3 is 0 Å². The number of nitrogens with one attached hydrogen (secondary N) is 3. The third kappa shape index (κ3) is 5.32. The molecule has 0 aliphatic carbocycles. The van der Waals surface area contributed by atoms with E-state index in [9.17, 15) is 22.0 Å². The van der Waals surface area contributed by atoms with E-state index < -0.39 is 26.6 Å². The van der Waals surface area contributed by atoms with Crippen molar-refractivity contribution < 1.29 is 22.0 Å². The number of fused-ring (bicyclic) bond motifs is 1. The number of aromatic amines is 1. The van der Waals surface area contributed by atoms with Crippen molar-refractivity contribution in [3.63, 3.8) is 0 Å². The van der Waals surface area contributed by atoms with E-state index in [4.69, 9.17) is 0 Å². The molecule has 1 amide bonds. The van der Waals surface area contributed by atoms with E-state index >= 15 is 0 Å². The lowest BCUT2D eigenvalue weighted by atomic mass is 9.91. The first-order valence-corrected chi connectivity index (χ1v) is 12.2. The zero-order valence-corrected chi connectivity index (χ0v) is 18.9. The summed E-state index contributed by atoms with van der Waals surface area (Å²) in [6.45, 7) is 0.136. The summed E-state index contributed by atoms with van der Waals surface area (Å²) in [6, 6.07) is 20.0. The molecule has 1 atom stereocenters. The van der Waals surface area contributed by atoms with Gasteiger partial charge in [0, 0.05) is 42.5 Å². The number of aromatic nitrogens is 1. The SMILES string of the molecule is O=C(CCNS(=O)(=O)c1ccc(F)c(F)c1)NCC(c1ccccc1)c1c[nH]c2ccccc12. The molecule has 1 unspecified atom stereocenters. The summed E-state index contributed by atoms with van der Waals surface area (Å²) in [5.41, 5.74) is 3.07. The van der Waals surface area contributed by atoms with Crippen LogP contribution in [0.3, 0.4) is 0 Å². The van der Waals surface area contributed by atoms with Gasteiger partial charge in [-0.3, -0.25) is 4.79 Å². The average molecular weight is 484 g/mol. The number of hydrogen-bond donors (Lipinski definition) is 3. The lowest BCUT2D eigenvalue weighted by Gasteiger charge is -2.18. The number of hydrogen-bond acceptors (Lipinski definition) is 3. The fourth-order valence-corrected chi connectivity index (χ4v) is 4.85. The standard InChI is InChI=1S/C25H23F2N3O3S/c26-22-11-10-18(14-23(22)27)34(32,33)30-13-12-25(31)29-15-20(17-6-2-1-3-7-17)21-16-28-24-9-5-4-8-19(21)24/h1-11,14,16,20,28,30H,12-13,15H2,(H,29,31). The monoisotopic (exact) mass is 483 g/mol. The van der Waals surface area contributed by atoms with E-state index in [1.54, 1.807) is 0 Å². The van der Waals surface area contributed by atoms with Crippen molar-refractivity contribution >= 4 is 26.8 Å². The Morgan fingerprint density at radius 2 is 1.68 bits per heavy atom. The zero-order chi connectivity index (χ0) is 24.1. The number of amides is 1. The number of H-pyrrole nitrogens is 1. The smallest absolute Gasteiger partial charge is 0.240 e. The summed E-state index contributed by atoms with van der Waals surface area (Å²) in [4.78, 5) is 15.3. The summed E-state index contributed by atoms with van der Waals surface area (Å²) in [5, 5.41) is 3.94. The molecule has 3 aromatic carbocycles. The minimum atomic E-state index is -4.07. The van der Waals surface area contributed by atoms with Gasteiger partial charge in [-0.2, -0.15) is 0 Å². The van der Waals surface area contributed by atoms with Crippen LogP contribution in [0.1, 0.15) is 23.5 Å². The van der Waals surface area contributed by atoms with E-state index in [1.807, 2.05) is 60.8 Å². The second-order valence-corrected chi connectivity index (χ2v) is 9.55. The van der Waals surface area contributed by atoms with Crippen LogP contribution in [-0.4, -0.2) is 32.4 Å². The molecule has 1 heterocycles. The van der Waals surface area contributed by atoms with Crippen molar-refractivity contribution in [1.82, 2.24) is 15.0 Å². The molecule has 0 fully saturated rings. The lowest BCUT2D eigenvalue weighted by Crippen LogP contribution is -2.33. The number of rotatable bonds is 9. The topological polar surface area (TPSA) is 91.1 Å². The number of para-hydroxylation sites is 1. The van der Waals surface area contributed by atoms with Crippen LogP contribution in [0.25, 0.3) is 10.9 Å². The molecule has 4 rings (SSSR count). The third-order valence-electron chi connectivity index (χ3n) is 5.55. The lowest BCUT2D eigenvalue weighted by molar-refractivity contribution is -0.120. The average Bonchev–Trinajstić information content (AvgIpc) is 3.25. The van der Waals surface area contributed by atoms with Crippen LogP contribution in [0.4, 0.5) is 8.78 Å². The van der Waals surface area contributed by atoms with Crippen molar-refractivity contribution in [3.05, 3.63) is 102 Å². The summed E-state index contributed by atoms with van der Waals surface area (Å²) >= 11 is 0. The molecule has 0 aliphatic heterocycles. The largest absolute Gasteiger partial charge is 0.361 e. The molecule has 0 spiro atoms. The first-order valence-electron chi connectivity index (χ1n) is 10.7. The first kappa shape index (κ1) is 23.6. The maximum Gasteiger partial charge on any atom is 0.240 e. The highest BCUT2D eigenvalue weighted by Gasteiger charge is 2.20. The minimum Gasteiger partial charge on any atom is -0.361 e. The number of sulfonamides is 1. The fourth-order valence-electron chi connectivity index (χ4n) is 3.81. The minimum absolute atomic E-state index is 0.111. The molecule has 6 nitrogen and oxygen atoms in total. The van der Waals surface area contributed by atoms with Crippen molar-refractivity contribution in [2.75, 3.05) is 13.1 Å². The Balaban J connectivity index is 1.40. The van der Waals surface area contributed by atoms with Crippen LogP contribution in [0.2, 0.25) is 0 Å². The summed E-state index contributed by atoms with van der Waals surface area (Å²) < 4.78 is 53.2. The van der Waals surface area contributed by atoms with Gasteiger partial charge < -0.3 is 10.3 Å². The maximum atomic E-state index is 13.4. The Bertz CT molecular complexity index is 1410. The van der Waals surface area contributed by atoms with Gasteiger partial charge in [-0.15, -0.1) is 0 Å². The Morgan fingerprint density at radius 3 is 2.44 bits per heavy atom. The molecule has 176 valence electrons. The van der Waals surface area contributed by atoms with Gasteiger partial charge in [0.05, 0.1) is 4.90 Å². The van der Waals surface area contributed by atoms with Crippen molar-refractivity contribution in [3.8, 4) is 0 Å². The van der Waals surface area contributed by atoms with E-state index in [1.165, 1.54) is 0 Å². The van der Waals surface area contributed by atoms with E-state index in [0.29, 0.717) is 12.6 Å². The molecule has 0 bridgehead atoms. The number of benzene rings is 3. The Labute approximate surface area is 196 Å². The predicted octanol–water partition coefficient (Wildman–Crippen LogP) is 4.06. The zero-order valence-electron chi connectivity index (χ0n) is 18.1. The predicted molar refractivity (Wildman–Crippen MR) is 126 cm³/mol. The second kappa shape index (κ2) is 10.1. The molecule has 4 aromatic rings. The molecule has 0 radical (unpaired) electrons. The third-order valence-corrected chi connectivity index (χ3v) is 7.01. The second-order valence-electron chi connectivity index (χ2n) is 7.78. The first-order chi connectivity index (χ1) is 16.3. The van der Waals surface area contributed by atoms with Gasteiger partial charge in [-0.05, 0) is 35.4 Å². The highest BCUT2D eigenvalue weighted by Crippen LogP contribution is 2.30. The molecule has 1 aromatic heterocycles. The van der Waals surface area contributed by atoms with Crippen LogP contribution < -0.4 is 10.0 Å². The summed E-state index contributed by atoms with van der Waals surface area (Å²) in [5.74, 6) is -2.85. The van der Waals surface area contributed by atoms with Crippen LogP contribution in [0, 0.1) is 11.6 Å². The van der Waals surface area contributed by atoms with E-state index in [0.717, 1.165) is 34.2 Å². The van der Waals surface area contributed by atoms with Crippen LogP contribution in [0.15, 0.2) is 83.9 Å². The highest BCUT2D eigenvalue weighted by atomic mass is 32.2. The van der Waals surface area contributed by atoms with Crippen LogP contribution in [0.5, 0.6) is 0 Å². The Hall–Kier alpha value is -3.56. The van der Waals surface area contributed by atoms with Gasteiger partial charge in [-0.25, -0.2) is 21.9 Å². The van der Waals surface area contributed by atoms with Crippen LogP contribution in [-0.2, 0) is 14.8 Å². The summed E-state index contributed by atoms with van der Waals surface area (Å²) in [7, 11) is -4.07. The molecule has 0 saturated carbocycles. The Kier molecular flexibility index (Phi) is 7.04. The molecule has 3 N–H and O–H groups in total. The fraction of sp³-hybridized carbons (Fsp3) is 0.160. The number of carbonyl (C=O) groups excluding carboxylic acids is 1. The normalized spacial score (nSPS) is 12.5. The van der Waals surface area contributed by atoms with Crippen molar-refractivity contribution in [2.24, 2.45) is 0 Å².